The Hall–Kier alpha value is -1.54. The zero-order chi connectivity index (χ0) is 17.9. The molecule has 1 amide bonds. The summed E-state index contributed by atoms with van der Waals surface area (Å²) in [6, 6.07) is 6.66. The first kappa shape index (κ1) is 18.8. The van der Waals surface area contributed by atoms with E-state index in [1.165, 1.54) is 23.6 Å². The first-order valence-electron chi connectivity index (χ1n) is 7.56. The van der Waals surface area contributed by atoms with Crippen molar-refractivity contribution in [1.82, 2.24) is 4.90 Å². The SMILES string of the molecule is CSc1ccccc1C(=O)O[C@@H](C)C(=O)N(C)[C@@H]1CCS(=O)(=O)C1. The van der Waals surface area contributed by atoms with Gasteiger partial charge in [-0.1, -0.05) is 12.1 Å². The van der Waals surface area contributed by atoms with Crippen LogP contribution in [0.1, 0.15) is 23.7 Å². The van der Waals surface area contributed by atoms with Crippen molar-refractivity contribution >= 4 is 33.5 Å². The molecule has 24 heavy (non-hydrogen) atoms. The van der Waals surface area contributed by atoms with E-state index in [1.807, 2.05) is 18.4 Å². The van der Waals surface area contributed by atoms with Gasteiger partial charge in [-0.3, -0.25) is 4.79 Å². The predicted octanol–water partition coefficient (Wildman–Crippen LogP) is 1.60. The number of sulfone groups is 1. The second-order valence-electron chi connectivity index (χ2n) is 5.75. The standard InChI is InChI=1S/C16H21NO5S2/c1-11(15(18)17(2)12-8-9-24(20,21)10-12)22-16(19)13-6-4-5-7-14(13)23-3/h4-7,11-12H,8-10H2,1-3H3/t11-,12+/m0/s1. The third-order valence-corrected chi connectivity index (χ3v) is 6.61. The molecule has 1 fully saturated rings. The summed E-state index contributed by atoms with van der Waals surface area (Å²) in [5.74, 6) is -0.907. The number of carbonyl (C=O) groups excluding carboxylic acids is 2. The Bertz CT molecular complexity index is 732. The molecule has 0 saturated carbocycles. The minimum absolute atomic E-state index is 0.0365. The highest BCUT2D eigenvalue weighted by atomic mass is 32.2. The lowest BCUT2D eigenvalue weighted by Gasteiger charge is -2.26. The average Bonchev–Trinajstić information content (AvgIpc) is 2.93. The Morgan fingerprint density at radius 3 is 2.58 bits per heavy atom. The van der Waals surface area contributed by atoms with Gasteiger partial charge in [-0.25, -0.2) is 13.2 Å². The maximum atomic E-state index is 12.4. The van der Waals surface area contributed by atoms with Crippen molar-refractivity contribution in [3.8, 4) is 0 Å². The molecule has 8 heteroatoms. The van der Waals surface area contributed by atoms with E-state index in [9.17, 15) is 18.0 Å². The van der Waals surface area contributed by atoms with Crippen LogP contribution in [0.3, 0.4) is 0 Å². The van der Waals surface area contributed by atoms with Crippen LogP contribution in [-0.2, 0) is 19.4 Å². The number of carbonyl (C=O) groups is 2. The fourth-order valence-electron chi connectivity index (χ4n) is 2.64. The highest BCUT2D eigenvalue weighted by molar-refractivity contribution is 7.98. The number of ether oxygens (including phenoxy) is 1. The molecule has 0 aliphatic carbocycles. The molecule has 2 rings (SSSR count). The van der Waals surface area contributed by atoms with Gasteiger partial charge in [0.15, 0.2) is 15.9 Å². The Morgan fingerprint density at radius 2 is 2.00 bits per heavy atom. The lowest BCUT2D eigenvalue weighted by atomic mass is 10.2. The first-order chi connectivity index (χ1) is 11.2. The quantitative estimate of drug-likeness (QED) is 0.578. The summed E-state index contributed by atoms with van der Waals surface area (Å²) >= 11 is 1.42. The van der Waals surface area contributed by atoms with Crippen molar-refractivity contribution in [2.75, 3.05) is 24.8 Å². The first-order valence-corrected chi connectivity index (χ1v) is 10.6. The van der Waals surface area contributed by atoms with Crippen LogP contribution in [0, 0.1) is 0 Å². The van der Waals surface area contributed by atoms with E-state index in [-0.39, 0.29) is 17.5 Å². The second kappa shape index (κ2) is 7.57. The van der Waals surface area contributed by atoms with Gasteiger partial charge in [-0.15, -0.1) is 11.8 Å². The topological polar surface area (TPSA) is 80.8 Å². The van der Waals surface area contributed by atoms with Crippen LogP contribution in [-0.4, -0.2) is 62.1 Å². The molecular formula is C16H21NO5S2. The molecule has 1 aliphatic rings. The smallest absolute Gasteiger partial charge is 0.340 e. The molecule has 0 radical (unpaired) electrons. The fourth-order valence-corrected chi connectivity index (χ4v) is 5.00. The van der Waals surface area contributed by atoms with E-state index >= 15 is 0 Å². The summed E-state index contributed by atoms with van der Waals surface area (Å²) < 4.78 is 28.4. The van der Waals surface area contributed by atoms with E-state index in [4.69, 9.17) is 4.74 Å². The molecule has 0 bridgehead atoms. The third kappa shape index (κ3) is 4.30. The minimum atomic E-state index is -3.08. The van der Waals surface area contributed by atoms with E-state index in [0.717, 1.165) is 4.90 Å². The highest BCUT2D eigenvalue weighted by Gasteiger charge is 2.35. The molecule has 1 aliphatic heterocycles. The number of benzene rings is 1. The van der Waals surface area contributed by atoms with Gasteiger partial charge in [0.1, 0.15) is 0 Å². The molecule has 1 heterocycles. The summed E-state index contributed by atoms with van der Waals surface area (Å²) in [6.45, 7) is 1.50. The Kier molecular flexibility index (Phi) is 5.92. The lowest BCUT2D eigenvalue weighted by Crippen LogP contribution is -2.44. The molecule has 2 atom stereocenters. The molecule has 6 nitrogen and oxygen atoms in total. The van der Waals surface area contributed by atoms with Crippen molar-refractivity contribution < 1.29 is 22.7 Å². The van der Waals surface area contributed by atoms with Gasteiger partial charge in [0.25, 0.3) is 5.91 Å². The summed E-state index contributed by atoms with van der Waals surface area (Å²) in [7, 11) is -1.53. The molecule has 1 aromatic rings. The summed E-state index contributed by atoms with van der Waals surface area (Å²) in [5.41, 5.74) is 0.413. The number of hydrogen-bond donors (Lipinski definition) is 0. The zero-order valence-corrected chi connectivity index (χ0v) is 15.5. The summed E-state index contributed by atoms with van der Waals surface area (Å²) in [6.07, 6.45) is 1.30. The van der Waals surface area contributed by atoms with E-state index in [2.05, 4.69) is 0 Å². The number of amides is 1. The fraction of sp³-hybridized carbons (Fsp3) is 0.500. The Labute approximate surface area is 146 Å². The number of nitrogens with zero attached hydrogens (tertiary/aromatic N) is 1. The lowest BCUT2D eigenvalue weighted by molar-refractivity contribution is -0.140. The number of likely N-dealkylation sites (N-methyl/N-ethyl adjacent to an activating group) is 1. The number of thioether (sulfide) groups is 1. The number of rotatable bonds is 5. The van der Waals surface area contributed by atoms with Crippen LogP contribution in [0.4, 0.5) is 0 Å². The molecule has 0 spiro atoms. The molecule has 0 N–H and O–H groups in total. The number of hydrogen-bond acceptors (Lipinski definition) is 6. The number of esters is 1. The van der Waals surface area contributed by atoms with E-state index in [0.29, 0.717) is 12.0 Å². The van der Waals surface area contributed by atoms with E-state index < -0.39 is 27.8 Å². The third-order valence-electron chi connectivity index (χ3n) is 4.06. The summed E-state index contributed by atoms with van der Waals surface area (Å²) in [4.78, 5) is 26.8. The average molecular weight is 371 g/mol. The largest absolute Gasteiger partial charge is 0.449 e. The van der Waals surface area contributed by atoms with Crippen molar-refractivity contribution in [2.24, 2.45) is 0 Å². The predicted molar refractivity (Wildman–Crippen MR) is 92.9 cm³/mol. The molecular weight excluding hydrogens is 350 g/mol. The van der Waals surface area contributed by atoms with Crippen LogP contribution in [0.15, 0.2) is 29.2 Å². The van der Waals surface area contributed by atoms with Crippen LogP contribution in [0.25, 0.3) is 0 Å². The van der Waals surface area contributed by atoms with Crippen LogP contribution >= 0.6 is 11.8 Å². The van der Waals surface area contributed by atoms with Gasteiger partial charge in [0.05, 0.1) is 17.1 Å². The van der Waals surface area contributed by atoms with Gasteiger partial charge in [0.2, 0.25) is 0 Å². The van der Waals surface area contributed by atoms with Gasteiger partial charge in [0, 0.05) is 18.0 Å². The molecule has 0 aromatic heterocycles. The van der Waals surface area contributed by atoms with Crippen LogP contribution in [0.2, 0.25) is 0 Å². The maximum Gasteiger partial charge on any atom is 0.340 e. The van der Waals surface area contributed by atoms with Crippen molar-refractivity contribution in [1.29, 1.82) is 0 Å². The molecule has 1 saturated heterocycles. The van der Waals surface area contributed by atoms with Crippen molar-refractivity contribution in [3.63, 3.8) is 0 Å². The molecule has 1 aromatic carbocycles. The molecule has 0 unspecified atom stereocenters. The van der Waals surface area contributed by atoms with Gasteiger partial charge < -0.3 is 9.64 Å². The van der Waals surface area contributed by atoms with Crippen LogP contribution < -0.4 is 0 Å². The summed E-state index contributed by atoms with van der Waals surface area (Å²) in [5, 5.41) is 0. The van der Waals surface area contributed by atoms with Crippen molar-refractivity contribution in [2.45, 2.75) is 30.4 Å². The zero-order valence-electron chi connectivity index (χ0n) is 13.9. The van der Waals surface area contributed by atoms with Crippen LogP contribution in [0.5, 0.6) is 0 Å². The van der Waals surface area contributed by atoms with Crippen molar-refractivity contribution in [3.05, 3.63) is 29.8 Å². The monoisotopic (exact) mass is 371 g/mol. The Balaban J connectivity index is 2.02. The highest BCUT2D eigenvalue weighted by Crippen LogP contribution is 2.22. The van der Waals surface area contributed by atoms with E-state index in [1.54, 1.807) is 19.2 Å². The van der Waals surface area contributed by atoms with Gasteiger partial charge >= 0.3 is 5.97 Å². The Morgan fingerprint density at radius 1 is 1.33 bits per heavy atom. The minimum Gasteiger partial charge on any atom is -0.449 e. The van der Waals surface area contributed by atoms with Gasteiger partial charge in [-0.05, 0) is 31.7 Å². The second-order valence-corrected chi connectivity index (χ2v) is 8.83. The normalized spacial score (nSPS) is 20.4. The maximum absolute atomic E-state index is 12.4. The van der Waals surface area contributed by atoms with Gasteiger partial charge in [-0.2, -0.15) is 0 Å². The molecule has 132 valence electrons.